The predicted octanol–water partition coefficient (Wildman–Crippen LogP) is 11.4. The third-order valence-corrected chi connectivity index (χ3v) is 9.04. The molecule has 0 unspecified atom stereocenters. The molecule has 0 saturated carbocycles. The standard InChI is InChI=1S/C46H28N4/c47-25-31-21-39(29-49-27-31)35-15-9-17-37(23-35)43-41-19-7-8-20-42(41)44(38-18-10-16-36(24-38)40-22-32(26-48)28-50-30-40)46(34-13-5-2-6-14-34)45(43)33-11-3-1-4-12-33/h1-24,27-30H. The summed E-state index contributed by atoms with van der Waals surface area (Å²) >= 11 is 0. The predicted molar refractivity (Wildman–Crippen MR) is 202 cm³/mol. The minimum Gasteiger partial charge on any atom is -0.263 e. The largest absolute Gasteiger partial charge is 0.263 e. The highest BCUT2D eigenvalue weighted by molar-refractivity contribution is 6.18. The lowest BCUT2D eigenvalue weighted by atomic mass is 9.78. The highest BCUT2D eigenvalue weighted by Crippen LogP contribution is 2.51. The smallest absolute Gasteiger partial charge is 0.101 e. The fourth-order valence-corrected chi connectivity index (χ4v) is 6.85. The van der Waals surface area contributed by atoms with Crippen LogP contribution >= 0.6 is 0 Å². The Bertz CT molecular complexity index is 2430. The average molecular weight is 637 g/mol. The van der Waals surface area contributed by atoms with Crippen LogP contribution in [0.2, 0.25) is 0 Å². The SMILES string of the molecule is N#Cc1cncc(-c2cccc(-c3c(-c4ccccc4)c(-c4ccccc4)c(-c4cccc(-c5cncc(C#N)c5)c4)c4ccccc34)c2)c1. The monoisotopic (exact) mass is 636 g/mol. The molecule has 0 aliphatic heterocycles. The van der Waals surface area contributed by atoms with Crippen molar-refractivity contribution in [2.45, 2.75) is 0 Å². The van der Waals surface area contributed by atoms with Gasteiger partial charge in [-0.15, -0.1) is 0 Å². The van der Waals surface area contributed by atoms with E-state index in [1.807, 2.05) is 24.5 Å². The van der Waals surface area contributed by atoms with Gasteiger partial charge in [-0.1, -0.05) is 121 Å². The Morgan fingerprint density at radius 1 is 0.320 bits per heavy atom. The molecule has 50 heavy (non-hydrogen) atoms. The maximum Gasteiger partial charge on any atom is 0.101 e. The van der Waals surface area contributed by atoms with Crippen LogP contribution in [0, 0.1) is 22.7 Å². The third kappa shape index (κ3) is 5.58. The molecule has 0 aliphatic rings. The molecule has 0 radical (unpaired) electrons. The molecule has 0 bridgehead atoms. The van der Waals surface area contributed by atoms with Crippen molar-refractivity contribution in [1.82, 2.24) is 9.97 Å². The van der Waals surface area contributed by atoms with Crippen LogP contribution in [0.5, 0.6) is 0 Å². The second kappa shape index (κ2) is 13.2. The number of benzene rings is 6. The normalized spacial score (nSPS) is 10.8. The lowest BCUT2D eigenvalue weighted by Gasteiger charge is -2.24. The molecule has 8 aromatic rings. The summed E-state index contributed by atoms with van der Waals surface area (Å²) in [6, 6.07) is 55.1. The molecule has 6 aromatic carbocycles. The van der Waals surface area contributed by atoms with E-state index in [0.29, 0.717) is 11.1 Å². The van der Waals surface area contributed by atoms with Crippen LogP contribution in [0.15, 0.2) is 170 Å². The summed E-state index contributed by atoms with van der Waals surface area (Å²) in [5.41, 5.74) is 13.7. The second-order valence-corrected chi connectivity index (χ2v) is 12.1. The fraction of sp³-hybridized carbons (Fsp3) is 0. The van der Waals surface area contributed by atoms with Crippen LogP contribution in [0.3, 0.4) is 0 Å². The number of fused-ring (bicyclic) bond motifs is 1. The quantitative estimate of drug-likeness (QED) is 0.182. The van der Waals surface area contributed by atoms with Gasteiger partial charge < -0.3 is 0 Å². The number of hydrogen-bond donors (Lipinski definition) is 0. The number of pyridine rings is 2. The van der Waals surface area contributed by atoms with Gasteiger partial charge in [0.05, 0.1) is 11.1 Å². The van der Waals surface area contributed by atoms with Crippen LogP contribution in [-0.4, -0.2) is 9.97 Å². The molecule has 0 fully saturated rings. The van der Waals surface area contributed by atoms with Crippen molar-refractivity contribution >= 4 is 10.8 Å². The second-order valence-electron chi connectivity index (χ2n) is 12.1. The van der Waals surface area contributed by atoms with Crippen LogP contribution < -0.4 is 0 Å². The van der Waals surface area contributed by atoms with Crippen molar-refractivity contribution in [2.75, 3.05) is 0 Å². The highest BCUT2D eigenvalue weighted by Gasteiger charge is 2.24. The Kier molecular flexibility index (Phi) is 7.95. The first kappa shape index (κ1) is 30.2. The summed E-state index contributed by atoms with van der Waals surface area (Å²) < 4.78 is 0. The zero-order valence-electron chi connectivity index (χ0n) is 27.0. The highest BCUT2D eigenvalue weighted by atomic mass is 14.6. The van der Waals surface area contributed by atoms with E-state index in [1.165, 1.54) is 0 Å². The zero-order chi connectivity index (χ0) is 33.9. The Labute approximate surface area is 290 Å². The van der Waals surface area contributed by atoms with E-state index in [-0.39, 0.29) is 0 Å². The van der Waals surface area contributed by atoms with Crippen molar-refractivity contribution in [1.29, 1.82) is 10.5 Å². The minimum absolute atomic E-state index is 0.524. The topological polar surface area (TPSA) is 73.4 Å². The van der Waals surface area contributed by atoms with Gasteiger partial charge >= 0.3 is 0 Å². The first-order valence-electron chi connectivity index (χ1n) is 16.3. The van der Waals surface area contributed by atoms with Gasteiger partial charge in [0.2, 0.25) is 0 Å². The van der Waals surface area contributed by atoms with Crippen LogP contribution in [0.4, 0.5) is 0 Å². The first-order chi connectivity index (χ1) is 24.7. The number of nitrogens with zero attached hydrogens (tertiary/aromatic N) is 4. The summed E-state index contributed by atoms with van der Waals surface area (Å²) in [6.45, 7) is 0. The van der Waals surface area contributed by atoms with Gasteiger partial charge in [0.15, 0.2) is 0 Å². The van der Waals surface area contributed by atoms with Gasteiger partial charge in [-0.2, -0.15) is 10.5 Å². The molecule has 2 aromatic heterocycles. The van der Waals surface area contributed by atoms with E-state index in [0.717, 1.165) is 77.5 Å². The van der Waals surface area contributed by atoms with Gasteiger partial charge in [-0.05, 0) is 90.7 Å². The lowest BCUT2D eigenvalue weighted by Crippen LogP contribution is -1.98. The molecule has 0 aliphatic carbocycles. The molecule has 4 nitrogen and oxygen atoms in total. The van der Waals surface area contributed by atoms with Gasteiger partial charge in [0.1, 0.15) is 12.1 Å². The first-order valence-corrected chi connectivity index (χ1v) is 16.3. The zero-order valence-corrected chi connectivity index (χ0v) is 27.0. The van der Waals surface area contributed by atoms with Gasteiger partial charge in [0, 0.05) is 35.9 Å². The van der Waals surface area contributed by atoms with E-state index in [4.69, 9.17) is 0 Å². The van der Waals surface area contributed by atoms with E-state index in [2.05, 4.69) is 156 Å². The number of rotatable bonds is 6. The summed E-state index contributed by atoms with van der Waals surface area (Å²) in [6.07, 6.45) is 6.79. The van der Waals surface area contributed by atoms with E-state index in [9.17, 15) is 10.5 Å². The van der Waals surface area contributed by atoms with Crippen molar-refractivity contribution in [3.63, 3.8) is 0 Å². The Morgan fingerprint density at radius 3 is 1.12 bits per heavy atom. The molecule has 0 saturated heterocycles. The van der Waals surface area contributed by atoms with Gasteiger partial charge in [0.25, 0.3) is 0 Å². The third-order valence-electron chi connectivity index (χ3n) is 9.04. The van der Waals surface area contributed by atoms with E-state index >= 15 is 0 Å². The lowest BCUT2D eigenvalue weighted by molar-refractivity contribution is 1.30. The van der Waals surface area contributed by atoms with Crippen LogP contribution in [0.1, 0.15) is 11.1 Å². The summed E-state index contributed by atoms with van der Waals surface area (Å²) in [4.78, 5) is 8.69. The minimum atomic E-state index is 0.524. The maximum absolute atomic E-state index is 9.58. The van der Waals surface area contributed by atoms with Crippen molar-refractivity contribution in [3.05, 3.63) is 182 Å². The van der Waals surface area contributed by atoms with E-state index in [1.54, 1.807) is 12.4 Å². The molecule has 0 atom stereocenters. The van der Waals surface area contributed by atoms with E-state index < -0.39 is 0 Å². The molecular weight excluding hydrogens is 609 g/mol. The number of aromatic nitrogens is 2. The van der Waals surface area contributed by atoms with Crippen LogP contribution in [0.25, 0.3) is 77.5 Å². The molecule has 0 amide bonds. The summed E-state index contributed by atoms with van der Waals surface area (Å²) in [7, 11) is 0. The van der Waals surface area contributed by atoms with Crippen LogP contribution in [-0.2, 0) is 0 Å². The Balaban J connectivity index is 1.49. The fourth-order valence-electron chi connectivity index (χ4n) is 6.85. The molecule has 0 spiro atoms. The van der Waals surface area contributed by atoms with Gasteiger partial charge in [-0.3, -0.25) is 9.97 Å². The average Bonchev–Trinajstić information content (AvgIpc) is 3.20. The Morgan fingerprint density at radius 2 is 0.700 bits per heavy atom. The molecule has 0 N–H and O–H groups in total. The molecule has 8 rings (SSSR count). The number of hydrogen-bond acceptors (Lipinski definition) is 4. The maximum atomic E-state index is 9.58. The van der Waals surface area contributed by atoms with Crippen molar-refractivity contribution < 1.29 is 0 Å². The molecular formula is C46H28N4. The summed E-state index contributed by atoms with van der Waals surface area (Å²) in [5.74, 6) is 0. The van der Waals surface area contributed by atoms with Crippen molar-refractivity contribution in [2.24, 2.45) is 0 Å². The molecule has 232 valence electrons. The van der Waals surface area contributed by atoms with Gasteiger partial charge in [-0.25, -0.2) is 0 Å². The molecule has 4 heteroatoms. The number of nitriles is 2. The van der Waals surface area contributed by atoms with Crippen molar-refractivity contribution in [3.8, 4) is 78.9 Å². The molecule has 2 heterocycles. The summed E-state index contributed by atoms with van der Waals surface area (Å²) in [5, 5.41) is 21.4. The Hall–Kier alpha value is -7.14.